The molecule has 0 saturated heterocycles. The summed E-state index contributed by atoms with van der Waals surface area (Å²) in [7, 11) is 0. The molecule has 0 amide bonds. The lowest BCUT2D eigenvalue weighted by atomic mass is 9.91. The van der Waals surface area contributed by atoms with Gasteiger partial charge in [0.05, 0.1) is 28.9 Å². The standard InChI is InChI=1S/C25H23ClF4N4O2/c1-12(21-20(36-25(29)30)7-6-19(27)22(21)26)17-10-32-24-16(17)8-13(9-31-24)18-11-33-34(23(18)28)14-2-4-15(35)5-3-14/h6-12,14-15,25,35H,2-5H2,1H3,(H,31,32). The van der Waals surface area contributed by atoms with Crippen LogP contribution in [0.1, 0.15) is 55.7 Å². The molecule has 4 aromatic rings. The predicted octanol–water partition coefficient (Wildman–Crippen LogP) is 6.59. The van der Waals surface area contributed by atoms with Gasteiger partial charge < -0.3 is 14.8 Å². The van der Waals surface area contributed by atoms with E-state index in [1.165, 1.54) is 17.1 Å². The zero-order valence-electron chi connectivity index (χ0n) is 19.2. The van der Waals surface area contributed by atoms with Crippen molar-refractivity contribution < 1.29 is 27.4 Å². The summed E-state index contributed by atoms with van der Waals surface area (Å²) in [4.78, 5) is 7.40. The number of ether oxygens (including phenoxy) is 1. The number of aliphatic hydroxyl groups excluding tert-OH is 1. The summed E-state index contributed by atoms with van der Waals surface area (Å²) in [6, 6.07) is 3.68. The third kappa shape index (κ3) is 4.43. The molecule has 3 heterocycles. The monoisotopic (exact) mass is 522 g/mol. The molecule has 3 aromatic heterocycles. The van der Waals surface area contributed by atoms with Crippen LogP contribution < -0.4 is 4.74 Å². The lowest BCUT2D eigenvalue weighted by Crippen LogP contribution is -2.22. The number of nitrogens with one attached hydrogen (secondary N) is 1. The first-order chi connectivity index (χ1) is 17.2. The van der Waals surface area contributed by atoms with Crippen LogP contribution in [0, 0.1) is 11.8 Å². The van der Waals surface area contributed by atoms with Crippen molar-refractivity contribution in [2.24, 2.45) is 0 Å². The normalized spacial score (nSPS) is 19.2. The highest BCUT2D eigenvalue weighted by atomic mass is 35.5. The van der Waals surface area contributed by atoms with E-state index in [0.29, 0.717) is 47.8 Å². The number of alkyl halides is 2. The summed E-state index contributed by atoms with van der Waals surface area (Å²) in [5.41, 5.74) is 1.89. The van der Waals surface area contributed by atoms with Gasteiger partial charge in [-0.2, -0.15) is 18.3 Å². The molecule has 1 aliphatic rings. The van der Waals surface area contributed by atoms with E-state index in [0.717, 1.165) is 12.1 Å². The fraction of sp³-hybridized carbons (Fsp3) is 0.360. The number of aliphatic hydroxyl groups is 1. The van der Waals surface area contributed by atoms with Crippen LogP contribution in [0.5, 0.6) is 5.75 Å². The molecule has 36 heavy (non-hydrogen) atoms. The second-order valence-corrected chi connectivity index (χ2v) is 9.37. The maximum Gasteiger partial charge on any atom is 0.387 e. The second kappa shape index (κ2) is 9.74. The molecule has 1 aromatic carbocycles. The molecule has 5 rings (SSSR count). The van der Waals surface area contributed by atoms with Gasteiger partial charge >= 0.3 is 6.61 Å². The van der Waals surface area contributed by atoms with Crippen molar-refractivity contribution in [1.29, 1.82) is 0 Å². The topological polar surface area (TPSA) is 76.0 Å². The average Bonchev–Trinajstić information content (AvgIpc) is 3.44. The molecular weight excluding hydrogens is 500 g/mol. The molecular formula is C25H23ClF4N4O2. The maximum absolute atomic E-state index is 15.4. The molecule has 1 atom stereocenters. The van der Waals surface area contributed by atoms with Gasteiger partial charge in [-0.15, -0.1) is 0 Å². The van der Waals surface area contributed by atoms with Gasteiger partial charge in [-0.1, -0.05) is 18.5 Å². The van der Waals surface area contributed by atoms with E-state index in [1.54, 1.807) is 19.2 Å². The van der Waals surface area contributed by atoms with Crippen molar-refractivity contribution in [3.8, 4) is 16.9 Å². The molecule has 1 fully saturated rings. The van der Waals surface area contributed by atoms with E-state index in [2.05, 4.69) is 19.8 Å². The van der Waals surface area contributed by atoms with Gasteiger partial charge in [0.25, 0.3) is 0 Å². The van der Waals surface area contributed by atoms with E-state index in [4.69, 9.17) is 11.6 Å². The Hall–Kier alpha value is -3.11. The number of halogens is 5. The van der Waals surface area contributed by atoms with E-state index < -0.39 is 24.3 Å². The summed E-state index contributed by atoms with van der Waals surface area (Å²) in [6.45, 7) is -1.43. The summed E-state index contributed by atoms with van der Waals surface area (Å²) in [5.74, 6) is -2.15. The number of aromatic nitrogens is 4. The number of fused-ring (bicyclic) bond motifs is 1. The van der Waals surface area contributed by atoms with Crippen molar-refractivity contribution in [3.63, 3.8) is 0 Å². The largest absolute Gasteiger partial charge is 0.434 e. The van der Waals surface area contributed by atoms with Gasteiger partial charge in [-0.25, -0.2) is 14.1 Å². The smallest absolute Gasteiger partial charge is 0.387 e. The van der Waals surface area contributed by atoms with E-state index in [9.17, 15) is 18.3 Å². The molecule has 1 saturated carbocycles. The first-order valence-corrected chi connectivity index (χ1v) is 11.9. The SMILES string of the molecule is CC(c1c(OC(F)F)ccc(F)c1Cl)c1c[nH]c2ncc(-c3cnn(C4CCC(O)CC4)c3F)cc12. The Kier molecular flexibility index (Phi) is 6.65. The Morgan fingerprint density at radius 3 is 2.64 bits per heavy atom. The number of hydrogen-bond acceptors (Lipinski definition) is 4. The minimum atomic E-state index is -3.11. The zero-order valence-corrected chi connectivity index (χ0v) is 19.9. The lowest BCUT2D eigenvalue weighted by Gasteiger charge is -2.25. The number of H-pyrrole nitrogens is 1. The number of nitrogens with zero attached hydrogens (tertiary/aromatic N) is 3. The second-order valence-electron chi connectivity index (χ2n) is 8.99. The Bertz CT molecular complexity index is 1400. The fourth-order valence-electron chi connectivity index (χ4n) is 4.93. The average molecular weight is 523 g/mol. The minimum Gasteiger partial charge on any atom is -0.434 e. The molecule has 6 nitrogen and oxygen atoms in total. The minimum absolute atomic E-state index is 0.0711. The molecule has 0 spiro atoms. The van der Waals surface area contributed by atoms with Crippen LogP contribution in [0.25, 0.3) is 22.2 Å². The third-order valence-corrected chi connectivity index (χ3v) is 7.21. The van der Waals surface area contributed by atoms with Crippen molar-refractivity contribution in [3.05, 3.63) is 64.7 Å². The molecule has 0 radical (unpaired) electrons. The van der Waals surface area contributed by atoms with Crippen molar-refractivity contribution in [2.45, 2.75) is 57.3 Å². The van der Waals surface area contributed by atoms with Gasteiger partial charge in [0.15, 0.2) is 0 Å². The van der Waals surface area contributed by atoms with Gasteiger partial charge in [-0.3, -0.25) is 0 Å². The Balaban J connectivity index is 1.53. The molecule has 0 bridgehead atoms. The highest BCUT2D eigenvalue weighted by Gasteiger charge is 2.27. The molecule has 1 aliphatic carbocycles. The van der Waals surface area contributed by atoms with Crippen LogP contribution in [0.2, 0.25) is 5.02 Å². The predicted molar refractivity (Wildman–Crippen MR) is 126 cm³/mol. The van der Waals surface area contributed by atoms with Gasteiger partial charge in [0.2, 0.25) is 5.95 Å². The first kappa shape index (κ1) is 24.6. The molecule has 11 heteroatoms. The van der Waals surface area contributed by atoms with Crippen LogP contribution >= 0.6 is 11.6 Å². The maximum atomic E-state index is 15.4. The summed E-state index contributed by atoms with van der Waals surface area (Å²) < 4.78 is 61.6. The van der Waals surface area contributed by atoms with Crippen LogP contribution in [0.3, 0.4) is 0 Å². The van der Waals surface area contributed by atoms with Gasteiger partial charge in [0.1, 0.15) is 17.2 Å². The van der Waals surface area contributed by atoms with Gasteiger partial charge in [-0.05, 0) is 49.4 Å². The van der Waals surface area contributed by atoms with E-state index in [1.807, 2.05) is 0 Å². The highest BCUT2D eigenvalue weighted by Crippen LogP contribution is 2.41. The Labute approximate surface area is 208 Å². The van der Waals surface area contributed by atoms with Crippen LogP contribution in [0.4, 0.5) is 17.6 Å². The van der Waals surface area contributed by atoms with E-state index >= 15 is 4.39 Å². The molecule has 190 valence electrons. The summed E-state index contributed by atoms with van der Waals surface area (Å²) in [5, 5.41) is 14.3. The van der Waals surface area contributed by atoms with Crippen LogP contribution in [0.15, 0.2) is 36.8 Å². The first-order valence-electron chi connectivity index (χ1n) is 11.6. The number of pyridine rings is 1. The van der Waals surface area contributed by atoms with Crippen molar-refractivity contribution in [2.75, 3.05) is 0 Å². The number of hydrogen-bond donors (Lipinski definition) is 2. The summed E-state index contributed by atoms with van der Waals surface area (Å²) in [6.07, 6.45) is 6.68. The Morgan fingerprint density at radius 2 is 1.92 bits per heavy atom. The third-order valence-electron chi connectivity index (χ3n) is 6.83. The molecule has 2 N–H and O–H groups in total. The Morgan fingerprint density at radius 1 is 1.17 bits per heavy atom. The van der Waals surface area contributed by atoms with Crippen molar-refractivity contribution >= 4 is 22.6 Å². The summed E-state index contributed by atoms with van der Waals surface area (Å²) >= 11 is 6.18. The molecule has 0 aliphatic heterocycles. The van der Waals surface area contributed by atoms with E-state index in [-0.39, 0.29) is 34.0 Å². The number of benzene rings is 1. The lowest BCUT2D eigenvalue weighted by molar-refractivity contribution is -0.0505. The fourth-order valence-corrected chi connectivity index (χ4v) is 5.25. The highest BCUT2D eigenvalue weighted by molar-refractivity contribution is 6.31. The van der Waals surface area contributed by atoms with Gasteiger partial charge in [0, 0.05) is 34.8 Å². The number of aromatic amines is 1. The van der Waals surface area contributed by atoms with Crippen LogP contribution in [-0.4, -0.2) is 37.6 Å². The zero-order chi connectivity index (χ0) is 25.6. The van der Waals surface area contributed by atoms with Crippen molar-refractivity contribution in [1.82, 2.24) is 19.7 Å². The van der Waals surface area contributed by atoms with Crippen LogP contribution in [-0.2, 0) is 0 Å². The molecule has 1 unspecified atom stereocenters. The number of rotatable bonds is 6. The quantitative estimate of drug-likeness (QED) is 0.280.